The summed E-state index contributed by atoms with van der Waals surface area (Å²) in [7, 11) is 0. The molecule has 0 saturated heterocycles. The van der Waals surface area contributed by atoms with Gasteiger partial charge < -0.3 is 15.8 Å². The molecule has 0 aliphatic rings. The van der Waals surface area contributed by atoms with Crippen LogP contribution in [-0.2, 0) is 0 Å². The van der Waals surface area contributed by atoms with E-state index >= 15 is 0 Å². The average Bonchev–Trinajstić information content (AvgIpc) is 2.27. The van der Waals surface area contributed by atoms with Gasteiger partial charge in [-0.25, -0.2) is 0 Å². The third-order valence-electron chi connectivity index (χ3n) is 2.34. The Balaban J connectivity index is 2.50. The Morgan fingerprint density at radius 3 is 2.83 bits per heavy atom. The van der Waals surface area contributed by atoms with Crippen molar-refractivity contribution in [3.8, 4) is 5.75 Å². The lowest BCUT2D eigenvalue weighted by molar-refractivity contribution is 0.0996. The molecule has 5 heteroatoms. The second-order valence-corrected chi connectivity index (χ2v) is 5.23. The van der Waals surface area contributed by atoms with Gasteiger partial charge in [-0.3, -0.25) is 4.79 Å². The topological polar surface area (TPSA) is 64.3 Å². The van der Waals surface area contributed by atoms with Crippen LogP contribution in [0.25, 0.3) is 0 Å². The van der Waals surface area contributed by atoms with Crippen molar-refractivity contribution in [2.45, 2.75) is 26.3 Å². The van der Waals surface area contributed by atoms with Crippen LogP contribution in [0.5, 0.6) is 5.75 Å². The van der Waals surface area contributed by atoms with Crippen molar-refractivity contribution >= 4 is 21.8 Å². The Morgan fingerprint density at radius 2 is 2.22 bits per heavy atom. The molecule has 1 aromatic carbocycles. The number of rotatable bonds is 7. The predicted octanol–water partition coefficient (Wildman–Crippen LogP) is 2.31. The number of primary amides is 1. The third kappa shape index (κ3) is 5.06. The van der Waals surface area contributed by atoms with Crippen LogP contribution in [0.1, 0.15) is 30.6 Å². The third-order valence-corrected chi connectivity index (χ3v) is 2.83. The van der Waals surface area contributed by atoms with E-state index in [2.05, 4.69) is 35.1 Å². The fourth-order valence-corrected chi connectivity index (χ4v) is 1.80. The molecule has 100 valence electrons. The van der Waals surface area contributed by atoms with Gasteiger partial charge >= 0.3 is 0 Å². The van der Waals surface area contributed by atoms with Gasteiger partial charge in [-0.15, -0.1) is 0 Å². The van der Waals surface area contributed by atoms with E-state index in [1.54, 1.807) is 18.2 Å². The molecule has 0 aliphatic carbocycles. The van der Waals surface area contributed by atoms with Crippen LogP contribution >= 0.6 is 15.9 Å². The summed E-state index contributed by atoms with van der Waals surface area (Å²) in [6, 6.07) is 5.66. The van der Waals surface area contributed by atoms with Crippen LogP contribution in [0.4, 0.5) is 0 Å². The minimum atomic E-state index is -0.474. The normalized spacial score (nSPS) is 10.7. The minimum Gasteiger partial charge on any atom is -0.493 e. The van der Waals surface area contributed by atoms with Crippen molar-refractivity contribution in [1.29, 1.82) is 0 Å². The van der Waals surface area contributed by atoms with Gasteiger partial charge in [-0.2, -0.15) is 0 Å². The van der Waals surface area contributed by atoms with E-state index in [4.69, 9.17) is 10.5 Å². The Morgan fingerprint density at radius 1 is 1.50 bits per heavy atom. The summed E-state index contributed by atoms with van der Waals surface area (Å²) in [5.74, 6) is 0.0548. The van der Waals surface area contributed by atoms with E-state index in [0.29, 0.717) is 24.0 Å². The molecular weight excluding hydrogens is 296 g/mol. The lowest BCUT2D eigenvalue weighted by Crippen LogP contribution is -2.25. The first kappa shape index (κ1) is 15.0. The number of benzene rings is 1. The van der Waals surface area contributed by atoms with Crippen molar-refractivity contribution in [3.63, 3.8) is 0 Å². The van der Waals surface area contributed by atoms with E-state index in [1.807, 2.05) is 0 Å². The Bertz CT molecular complexity index is 408. The van der Waals surface area contributed by atoms with Gasteiger partial charge in [0.15, 0.2) is 0 Å². The van der Waals surface area contributed by atoms with E-state index in [9.17, 15) is 4.79 Å². The van der Waals surface area contributed by atoms with E-state index in [-0.39, 0.29) is 0 Å². The van der Waals surface area contributed by atoms with Crippen LogP contribution in [-0.4, -0.2) is 25.1 Å². The number of amides is 1. The maximum absolute atomic E-state index is 11.2. The smallest absolute Gasteiger partial charge is 0.252 e. The second-order valence-electron chi connectivity index (χ2n) is 4.32. The molecule has 1 aromatic rings. The van der Waals surface area contributed by atoms with Crippen molar-refractivity contribution in [3.05, 3.63) is 28.2 Å². The molecule has 3 N–H and O–H groups in total. The zero-order chi connectivity index (χ0) is 13.5. The molecule has 0 saturated carbocycles. The molecule has 0 heterocycles. The van der Waals surface area contributed by atoms with Gasteiger partial charge in [0.25, 0.3) is 5.91 Å². The van der Waals surface area contributed by atoms with Gasteiger partial charge in [0.1, 0.15) is 5.75 Å². The quantitative estimate of drug-likeness (QED) is 0.759. The van der Waals surface area contributed by atoms with Crippen LogP contribution in [0.3, 0.4) is 0 Å². The largest absolute Gasteiger partial charge is 0.493 e. The summed E-state index contributed by atoms with van der Waals surface area (Å²) < 4.78 is 6.45. The van der Waals surface area contributed by atoms with Crippen LogP contribution in [0, 0.1) is 0 Å². The fraction of sp³-hybridized carbons (Fsp3) is 0.462. The number of nitrogens with two attached hydrogens (primary N) is 1. The SMILES string of the molecule is CC(C)NCCCOc1cc(Br)ccc1C(N)=O. The molecule has 0 unspecified atom stereocenters. The lowest BCUT2D eigenvalue weighted by atomic mass is 10.2. The Kier molecular flexibility index (Phi) is 6.15. The number of carbonyl (C=O) groups is 1. The Hall–Kier alpha value is -1.07. The summed E-state index contributed by atoms with van der Waals surface area (Å²) in [5.41, 5.74) is 5.70. The fourth-order valence-electron chi connectivity index (χ4n) is 1.46. The van der Waals surface area contributed by atoms with Gasteiger partial charge in [-0.05, 0) is 31.2 Å². The van der Waals surface area contributed by atoms with Gasteiger partial charge in [0, 0.05) is 10.5 Å². The van der Waals surface area contributed by atoms with Gasteiger partial charge in [0.05, 0.1) is 12.2 Å². The standard InChI is InChI=1S/C13H19BrN2O2/c1-9(2)16-6-3-7-18-12-8-10(14)4-5-11(12)13(15)17/h4-5,8-9,16H,3,6-7H2,1-2H3,(H2,15,17). The van der Waals surface area contributed by atoms with Crippen LogP contribution < -0.4 is 15.8 Å². The molecule has 0 fully saturated rings. The number of halogens is 1. The molecule has 0 atom stereocenters. The molecule has 1 rings (SSSR count). The summed E-state index contributed by atoms with van der Waals surface area (Å²) in [5, 5.41) is 3.30. The molecule has 4 nitrogen and oxygen atoms in total. The molecule has 0 radical (unpaired) electrons. The monoisotopic (exact) mass is 314 g/mol. The molecule has 0 bridgehead atoms. The molecular formula is C13H19BrN2O2. The first-order chi connectivity index (χ1) is 8.50. The van der Waals surface area contributed by atoms with Crippen molar-refractivity contribution < 1.29 is 9.53 Å². The lowest BCUT2D eigenvalue weighted by Gasteiger charge is -2.11. The summed E-state index contributed by atoms with van der Waals surface area (Å²) in [6.45, 7) is 5.63. The second kappa shape index (κ2) is 7.38. The first-order valence-corrected chi connectivity index (χ1v) is 6.75. The highest BCUT2D eigenvalue weighted by Crippen LogP contribution is 2.23. The zero-order valence-corrected chi connectivity index (χ0v) is 12.3. The summed E-state index contributed by atoms with van der Waals surface area (Å²) in [4.78, 5) is 11.2. The molecule has 0 aliphatic heterocycles. The number of ether oxygens (including phenoxy) is 1. The molecule has 0 spiro atoms. The van der Waals surface area contributed by atoms with Crippen LogP contribution in [0.2, 0.25) is 0 Å². The molecule has 1 amide bonds. The van der Waals surface area contributed by atoms with Crippen LogP contribution in [0.15, 0.2) is 22.7 Å². The number of carbonyl (C=O) groups excluding carboxylic acids is 1. The number of hydrogen-bond donors (Lipinski definition) is 2. The minimum absolute atomic E-state index is 0.412. The van der Waals surface area contributed by atoms with Crippen molar-refractivity contribution in [2.75, 3.05) is 13.2 Å². The van der Waals surface area contributed by atoms with Gasteiger partial charge in [0.2, 0.25) is 0 Å². The predicted molar refractivity (Wildman–Crippen MR) is 75.9 cm³/mol. The highest BCUT2D eigenvalue weighted by molar-refractivity contribution is 9.10. The molecule has 18 heavy (non-hydrogen) atoms. The summed E-state index contributed by atoms with van der Waals surface area (Å²) in [6.07, 6.45) is 0.878. The number of hydrogen-bond acceptors (Lipinski definition) is 3. The molecule has 0 aromatic heterocycles. The zero-order valence-electron chi connectivity index (χ0n) is 10.7. The highest BCUT2D eigenvalue weighted by atomic mass is 79.9. The van der Waals surface area contributed by atoms with Crippen molar-refractivity contribution in [2.24, 2.45) is 5.73 Å². The van der Waals surface area contributed by atoms with E-state index in [1.165, 1.54) is 0 Å². The summed E-state index contributed by atoms with van der Waals surface area (Å²) >= 11 is 3.34. The van der Waals surface area contributed by atoms with Gasteiger partial charge in [-0.1, -0.05) is 29.8 Å². The first-order valence-electron chi connectivity index (χ1n) is 5.96. The number of nitrogens with one attached hydrogen (secondary N) is 1. The van der Waals surface area contributed by atoms with E-state index < -0.39 is 5.91 Å². The Labute approximate surface area is 116 Å². The maximum Gasteiger partial charge on any atom is 0.252 e. The van der Waals surface area contributed by atoms with E-state index in [0.717, 1.165) is 17.4 Å². The van der Waals surface area contributed by atoms with Crippen molar-refractivity contribution in [1.82, 2.24) is 5.32 Å². The average molecular weight is 315 g/mol. The highest BCUT2D eigenvalue weighted by Gasteiger charge is 2.09. The maximum atomic E-state index is 11.2.